The zero-order chi connectivity index (χ0) is 16.8. The van der Waals surface area contributed by atoms with Crippen molar-refractivity contribution < 1.29 is 9.53 Å². The molecule has 0 aliphatic carbocycles. The van der Waals surface area contributed by atoms with E-state index in [2.05, 4.69) is 11.9 Å². The Morgan fingerprint density at radius 1 is 1.26 bits per heavy atom. The minimum Gasteiger partial charge on any atom is -0.461 e. The van der Waals surface area contributed by atoms with E-state index in [1.807, 2.05) is 6.07 Å². The highest BCUT2D eigenvalue weighted by Crippen LogP contribution is 2.35. The predicted octanol–water partition coefficient (Wildman–Crippen LogP) is 6.03. The highest BCUT2D eigenvalue weighted by atomic mass is 35.5. The van der Waals surface area contributed by atoms with Gasteiger partial charge in [0.2, 0.25) is 5.01 Å². The SMILES string of the molecule is CCCCCc1sc(C(=O)OCC)nc1-c1ccc(Cl)cc1Cl. The molecule has 1 aromatic carbocycles. The molecule has 1 aromatic heterocycles. The maximum Gasteiger partial charge on any atom is 0.367 e. The van der Waals surface area contributed by atoms with Crippen LogP contribution in [-0.4, -0.2) is 17.6 Å². The summed E-state index contributed by atoms with van der Waals surface area (Å²) in [6, 6.07) is 5.32. The van der Waals surface area contributed by atoms with Crippen LogP contribution in [0.2, 0.25) is 10.0 Å². The van der Waals surface area contributed by atoms with Crippen molar-refractivity contribution in [3.63, 3.8) is 0 Å². The lowest BCUT2D eigenvalue weighted by atomic mass is 10.1. The molecule has 0 bridgehead atoms. The van der Waals surface area contributed by atoms with Gasteiger partial charge >= 0.3 is 5.97 Å². The number of ether oxygens (including phenoxy) is 1. The zero-order valence-corrected chi connectivity index (χ0v) is 15.5. The lowest BCUT2D eigenvalue weighted by molar-refractivity contribution is 0.0526. The average Bonchev–Trinajstić information content (AvgIpc) is 2.92. The van der Waals surface area contributed by atoms with Gasteiger partial charge in [-0.15, -0.1) is 11.3 Å². The fourth-order valence-corrected chi connectivity index (χ4v) is 3.74. The fourth-order valence-electron chi connectivity index (χ4n) is 2.23. The smallest absolute Gasteiger partial charge is 0.367 e. The minimum absolute atomic E-state index is 0.334. The first kappa shape index (κ1) is 18.2. The lowest BCUT2D eigenvalue weighted by Gasteiger charge is -2.05. The van der Waals surface area contributed by atoms with Gasteiger partial charge in [0.15, 0.2) is 0 Å². The zero-order valence-electron chi connectivity index (χ0n) is 13.2. The van der Waals surface area contributed by atoms with Gasteiger partial charge in [-0.05, 0) is 38.0 Å². The van der Waals surface area contributed by atoms with Gasteiger partial charge < -0.3 is 4.74 Å². The molecule has 2 rings (SSSR count). The molecule has 0 fully saturated rings. The predicted molar refractivity (Wildman–Crippen MR) is 96.8 cm³/mol. The van der Waals surface area contributed by atoms with E-state index in [0.717, 1.165) is 41.8 Å². The van der Waals surface area contributed by atoms with E-state index in [4.69, 9.17) is 27.9 Å². The third-order valence-electron chi connectivity index (χ3n) is 3.34. The Morgan fingerprint density at radius 2 is 2.04 bits per heavy atom. The van der Waals surface area contributed by atoms with Crippen LogP contribution in [0.4, 0.5) is 0 Å². The third-order valence-corrected chi connectivity index (χ3v) is 4.98. The van der Waals surface area contributed by atoms with Crippen molar-refractivity contribution in [1.29, 1.82) is 0 Å². The van der Waals surface area contributed by atoms with Crippen molar-refractivity contribution in [3.8, 4) is 11.3 Å². The molecule has 0 atom stereocenters. The van der Waals surface area contributed by atoms with E-state index in [-0.39, 0.29) is 5.97 Å². The van der Waals surface area contributed by atoms with Gasteiger partial charge in [-0.25, -0.2) is 9.78 Å². The number of aromatic nitrogens is 1. The summed E-state index contributed by atoms with van der Waals surface area (Å²) in [7, 11) is 0. The molecule has 0 N–H and O–H groups in total. The number of carbonyl (C=O) groups excluding carboxylic acids is 1. The number of rotatable bonds is 7. The highest BCUT2D eigenvalue weighted by molar-refractivity contribution is 7.14. The van der Waals surface area contributed by atoms with Gasteiger partial charge in [-0.2, -0.15) is 0 Å². The van der Waals surface area contributed by atoms with Crippen LogP contribution in [0, 0.1) is 0 Å². The molecule has 1 heterocycles. The van der Waals surface area contributed by atoms with Crippen LogP contribution in [-0.2, 0) is 11.2 Å². The normalized spacial score (nSPS) is 10.8. The van der Waals surface area contributed by atoms with Crippen LogP contribution >= 0.6 is 34.5 Å². The molecule has 2 aromatic rings. The Labute approximate surface area is 150 Å². The number of hydrogen-bond acceptors (Lipinski definition) is 4. The molecule has 3 nitrogen and oxygen atoms in total. The van der Waals surface area contributed by atoms with Crippen LogP contribution in [0.25, 0.3) is 11.3 Å². The first-order valence-corrected chi connectivity index (χ1v) is 9.26. The van der Waals surface area contributed by atoms with Crippen molar-refractivity contribution in [2.75, 3.05) is 6.61 Å². The molecule has 0 spiro atoms. The van der Waals surface area contributed by atoms with Crippen LogP contribution < -0.4 is 0 Å². The van der Waals surface area contributed by atoms with Crippen molar-refractivity contribution in [3.05, 3.63) is 38.1 Å². The second-order valence-electron chi connectivity index (χ2n) is 5.09. The topological polar surface area (TPSA) is 39.2 Å². The molecule has 6 heteroatoms. The number of carbonyl (C=O) groups is 1. The number of thiazole rings is 1. The quantitative estimate of drug-likeness (QED) is 0.440. The van der Waals surface area contributed by atoms with Gasteiger partial charge in [-0.3, -0.25) is 0 Å². The highest BCUT2D eigenvalue weighted by Gasteiger charge is 2.20. The molecule has 0 aliphatic rings. The van der Waals surface area contributed by atoms with Gasteiger partial charge in [0.05, 0.1) is 17.3 Å². The standard InChI is InChI=1S/C17H19Cl2NO2S/c1-3-5-6-7-14-15(12-9-8-11(18)10-13(12)19)20-16(23-14)17(21)22-4-2/h8-10H,3-7H2,1-2H3. The first-order chi connectivity index (χ1) is 11.1. The Balaban J connectivity index is 2.40. The summed E-state index contributed by atoms with van der Waals surface area (Å²) in [6.45, 7) is 4.28. The Morgan fingerprint density at radius 3 is 2.70 bits per heavy atom. The number of unbranched alkanes of at least 4 members (excludes halogenated alkanes) is 2. The van der Waals surface area contributed by atoms with Gasteiger partial charge in [-0.1, -0.05) is 43.0 Å². The summed E-state index contributed by atoms with van der Waals surface area (Å²) < 4.78 is 5.06. The van der Waals surface area contributed by atoms with Crippen molar-refractivity contribution in [1.82, 2.24) is 4.98 Å². The van der Waals surface area contributed by atoms with Gasteiger partial charge in [0, 0.05) is 15.5 Å². The maximum atomic E-state index is 12.0. The monoisotopic (exact) mass is 371 g/mol. The number of aryl methyl sites for hydroxylation is 1. The average molecular weight is 372 g/mol. The van der Waals surface area contributed by atoms with Crippen molar-refractivity contribution in [2.24, 2.45) is 0 Å². The largest absolute Gasteiger partial charge is 0.461 e. The van der Waals surface area contributed by atoms with Crippen LogP contribution in [0.5, 0.6) is 0 Å². The van der Waals surface area contributed by atoms with E-state index < -0.39 is 0 Å². The van der Waals surface area contributed by atoms with E-state index in [1.54, 1.807) is 19.1 Å². The number of nitrogens with zero attached hydrogens (tertiary/aromatic N) is 1. The second-order valence-corrected chi connectivity index (χ2v) is 7.02. The molecule has 0 saturated carbocycles. The van der Waals surface area contributed by atoms with E-state index >= 15 is 0 Å². The maximum absolute atomic E-state index is 12.0. The number of benzene rings is 1. The molecular formula is C17H19Cl2NO2S. The van der Waals surface area contributed by atoms with E-state index in [9.17, 15) is 4.79 Å². The molecular weight excluding hydrogens is 353 g/mol. The molecule has 124 valence electrons. The summed E-state index contributed by atoms with van der Waals surface area (Å²) in [4.78, 5) is 17.5. The third kappa shape index (κ3) is 4.69. The Bertz CT molecular complexity index is 685. The summed E-state index contributed by atoms with van der Waals surface area (Å²) in [5.74, 6) is -0.384. The van der Waals surface area contributed by atoms with Crippen LogP contribution in [0.15, 0.2) is 18.2 Å². The number of esters is 1. The van der Waals surface area contributed by atoms with E-state index in [1.165, 1.54) is 11.3 Å². The second kappa shape index (κ2) is 8.67. The molecule has 23 heavy (non-hydrogen) atoms. The van der Waals surface area contributed by atoms with Crippen molar-refractivity contribution >= 4 is 40.5 Å². The molecule has 0 saturated heterocycles. The summed E-state index contributed by atoms with van der Waals surface area (Å²) >= 11 is 13.7. The van der Waals surface area contributed by atoms with Crippen molar-refractivity contribution in [2.45, 2.75) is 39.5 Å². The molecule has 0 amide bonds. The summed E-state index contributed by atoms with van der Waals surface area (Å²) in [5, 5.41) is 1.49. The van der Waals surface area contributed by atoms with Gasteiger partial charge in [0.25, 0.3) is 0 Å². The first-order valence-electron chi connectivity index (χ1n) is 7.69. The number of hydrogen-bond donors (Lipinski definition) is 0. The minimum atomic E-state index is -0.384. The molecule has 0 radical (unpaired) electrons. The van der Waals surface area contributed by atoms with Crippen LogP contribution in [0.3, 0.4) is 0 Å². The lowest BCUT2D eigenvalue weighted by Crippen LogP contribution is -2.03. The van der Waals surface area contributed by atoms with Gasteiger partial charge in [0.1, 0.15) is 0 Å². The van der Waals surface area contributed by atoms with E-state index in [0.29, 0.717) is 21.7 Å². The summed E-state index contributed by atoms with van der Waals surface area (Å²) in [6.07, 6.45) is 4.21. The Kier molecular flexibility index (Phi) is 6.88. The Hall–Kier alpha value is -1.10. The fraction of sp³-hybridized carbons (Fsp3) is 0.412. The summed E-state index contributed by atoms with van der Waals surface area (Å²) in [5.41, 5.74) is 1.56. The molecule has 0 aliphatic heterocycles. The van der Waals surface area contributed by atoms with Crippen LogP contribution in [0.1, 0.15) is 47.8 Å². The molecule has 0 unspecified atom stereocenters. The number of halogens is 2.